The van der Waals surface area contributed by atoms with E-state index >= 15 is 0 Å². The van der Waals surface area contributed by atoms with Crippen molar-refractivity contribution in [1.82, 2.24) is 19.7 Å². The first-order valence-electron chi connectivity index (χ1n) is 8.64. The molecule has 0 fully saturated rings. The first-order chi connectivity index (χ1) is 13.7. The number of nitrogens with zero attached hydrogens (tertiary/aromatic N) is 4. The van der Waals surface area contributed by atoms with Gasteiger partial charge >= 0.3 is 6.18 Å². The fourth-order valence-electron chi connectivity index (χ4n) is 2.75. The predicted molar refractivity (Wildman–Crippen MR) is 105 cm³/mol. The van der Waals surface area contributed by atoms with Crippen LogP contribution >= 0.6 is 11.8 Å². The van der Waals surface area contributed by atoms with Gasteiger partial charge in [-0.15, -0.1) is 10.2 Å². The summed E-state index contributed by atoms with van der Waals surface area (Å²) in [7, 11) is 0. The summed E-state index contributed by atoms with van der Waals surface area (Å²) < 4.78 is 40.2. The van der Waals surface area contributed by atoms with E-state index in [1.54, 1.807) is 12.1 Å². The van der Waals surface area contributed by atoms with Crippen molar-refractivity contribution in [3.63, 3.8) is 0 Å². The van der Waals surface area contributed by atoms with Crippen molar-refractivity contribution < 1.29 is 18.0 Å². The molecule has 0 aliphatic carbocycles. The average Bonchev–Trinajstić information content (AvgIpc) is 3.04. The van der Waals surface area contributed by atoms with Gasteiger partial charge in [0.1, 0.15) is 6.54 Å². The minimum atomic E-state index is -4.46. The Morgan fingerprint density at radius 2 is 1.76 bits per heavy atom. The molecule has 152 valence electrons. The molecule has 2 aromatic heterocycles. The molecular weight excluding hydrogens is 403 g/mol. The van der Waals surface area contributed by atoms with Gasteiger partial charge < -0.3 is 5.32 Å². The Morgan fingerprint density at radius 3 is 2.38 bits per heavy atom. The minimum absolute atomic E-state index is 0.0193. The zero-order valence-corrected chi connectivity index (χ0v) is 16.5. The van der Waals surface area contributed by atoms with Crippen LogP contribution in [0.4, 0.5) is 18.9 Å². The third-order valence-electron chi connectivity index (χ3n) is 4.07. The molecule has 1 N–H and O–H groups in total. The van der Waals surface area contributed by atoms with Crippen molar-refractivity contribution in [1.29, 1.82) is 0 Å². The van der Waals surface area contributed by atoms with Gasteiger partial charge in [-0.3, -0.25) is 14.3 Å². The van der Waals surface area contributed by atoms with Crippen LogP contribution in [0, 0.1) is 13.8 Å². The van der Waals surface area contributed by atoms with Gasteiger partial charge in [0.2, 0.25) is 5.91 Å². The van der Waals surface area contributed by atoms with Crippen LogP contribution in [0.25, 0.3) is 11.4 Å². The highest BCUT2D eigenvalue weighted by molar-refractivity contribution is 7.99. The van der Waals surface area contributed by atoms with E-state index in [1.165, 1.54) is 12.4 Å². The third-order valence-corrected chi connectivity index (χ3v) is 5.04. The van der Waals surface area contributed by atoms with Crippen LogP contribution in [0.5, 0.6) is 0 Å². The SMILES string of the molecule is Cc1cccc(C)c1NC(=O)CSc1nnc(-c2ccncc2)n1CC(F)(F)F. The Kier molecular flexibility index (Phi) is 6.21. The number of aryl methyl sites for hydroxylation is 2. The van der Waals surface area contributed by atoms with Gasteiger partial charge in [0, 0.05) is 23.6 Å². The summed E-state index contributed by atoms with van der Waals surface area (Å²) in [5.74, 6) is -0.359. The summed E-state index contributed by atoms with van der Waals surface area (Å²) in [5, 5.41) is 10.6. The second kappa shape index (κ2) is 8.64. The van der Waals surface area contributed by atoms with E-state index < -0.39 is 12.7 Å². The number of rotatable bonds is 6. The molecule has 0 saturated heterocycles. The first kappa shape index (κ1) is 20.8. The fourth-order valence-corrected chi connectivity index (χ4v) is 3.49. The van der Waals surface area contributed by atoms with Gasteiger partial charge in [0.15, 0.2) is 11.0 Å². The van der Waals surface area contributed by atoms with E-state index in [2.05, 4.69) is 20.5 Å². The van der Waals surface area contributed by atoms with E-state index in [4.69, 9.17) is 0 Å². The Bertz CT molecular complexity index is 985. The topological polar surface area (TPSA) is 72.7 Å². The van der Waals surface area contributed by atoms with Crippen LogP contribution in [0.2, 0.25) is 0 Å². The maximum atomic E-state index is 13.1. The highest BCUT2D eigenvalue weighted by Crippen LogP contribution is 2.28. The summed E-state index contributed by atoms with van der Waals surface area (Å²) >= 11 is 0.904. The maximum absolute atomic E-state index is 13.1. The number of hydrogen-bond donors (Lipinski definition) is 1. The largest absolute Gasteiger partial charge is 0.406 e. The average molecular weight is 421 g/mol. The van der Waals surface area contributed by atoms with Crippen molar-refractivity contribution in [2.45, 2.75) is 31.7 Å². The molecule has 1 amide bonds. The first-order valence-corrected chi connectivity index (χ1v) is 9.62. The van der Waals surface area contributed by atoms with E-state index in [0.29, 0.717) is 11.3 Å². The smallest absolute Gasteiger partial charge is 0.325 e. The predicted octanol–water partition coefficient (Wildman–Crippen LogP) is 4.25. The molecule has 10 heteroatoms. The molecule has 0 bridgehead atoms. The van der Waals surface area contributed by atoms with Crippen molar-refractivity contribution in [2.75, 3.05) is 11.1 Å². The Hall–Kier alpha value is -2.88. The molecule has 6 nitrogen and oxygen atoms in total. The van der Waals surface area contributed by atoms with Crippen molar-refractivity contribution in [3.8, 4) is 11.4 Å². The molecule has 0 aliphatic rings. The Labute approximate surface area is 169 Å². The number of hydrogen-bond acceptors (Lipinski definition) is 5. The number of benzene rings is 1. The molecule has 0 spiro atoms. The van der Waals surface area contributed by atoms with Gasteiger partial charge in [-0.25, -0.2) is 0 Å². The second-order valence-electron chi connectivity index (χ2n) is 6.35. The van der Waals surface area contributed by atoms with Crippen LogP contribution in [-0.4, -0.2) is 37.6 Å². The molecule has 0 aliphatic heterocycles. The quantitative estimate of drug-likeness (QED) is 0.603. The Morgan fingerprint density at radius 1 is 1.10 bits per heavy atom. The molecule has 0 saturated carbocycles. The monoisotopic (exact) mass is 421 g/mol. The standard InChI is InChI=1S/C19H18F3N5OS/c1-12-4-3-5-13(2)16(12)24-15(28)10-29-18-26-25-17(14-6-8-23-9-7-14)27(18)11-19(20,21)22/h3-9H,10-11H2,1-2H3,(H,24,28). The lowest BCUT2D eigenvalue weighted by Crippen LogP contribution is -2.20. The normalized spacial score (nSPS) is 11.5. The lowest BCUT2D eigenvalue weighted by Gasteiger charge is -2.13. The Balaban J connectivity index is 1.78. The molecule has 2 heterocycles. The van der Waals surface area contributed by atoms with Gasteiger partial charge in [0.25, 0.3) is 0 Å². The number of halogens is 3. The maximum Gasteiger partial charge on any atom is 0.406 e. The van der Waals surface area contributed by atoms with Crippen molar-refractivity contribution in [3.05, 3.63) is 53.9 Å². The highest BCUT2D eigenvalue weighted by Gasteiger charge is 2.31. The number of nitrogens with one attached hydrogen (secondary N) is 1. The number of pyridine rings is 1. The van der Waals surface area contributed by atoms with E-state index in [9.17, 15) is 18.0 Å². The van der Waals surface area contributed by atoms with Gasteiger partial charge in [-0.2, -0.15) is 13.2 Å². The number of para-hydroxylation sites is 1. The van der Waals surface area contributed by atoms with Gasteiger partial charge in [0.05, 0.1) is 5.75 Å². The summed E-state index contributed by atoms with van der Waals surface area (Å²) in [5.41, 5.74) is 2.98. The number of amides is 1. The van der Waals surface area contributed by atoms with Crippen LogP contribution in [-0.2, 0) is 11.3 Å². The van der Waals surface area contributed by atoms with Crippen LogP contribution in [0.15, 0.2) is 47.9 Å². The molecule has 0 atom stereocenters. The van der Waals surface area contributed by atoms with Crippen LogP contribution < -0.4 is 5.32 Å². The summed E-state index contributed by atoms with van der Waals surface area (Å²) in [6.45, 7) is 2.49. The number of anilines is 1. The number of carbonyl (C=O) groups is 1. The number of aromatic nitrogens is 4. The summed E-state index contributed by atoms with van der Waals surface area (Å²) in [6.07, 6.45) is -1.53. The molecule has 0 radical (unpaired) electrons. The van der Waals surface area contributed by atoms with Crippen LogP contribution in [0.1, 0.15) is 11.1 Å². The fraction of sp³-hybridized carbons (Fsp3) is 0.263. The number of carbonyl (C=O) groups excluding carboxylic acids is 1. The number of alkyl halides is 3. The number of thioether (sulfide) groups is 1. The minimum Gasteiger partial charge on any atom is -0.325 e. The molecule has 29 heavy (non-hydrogen) atoms. The molecule has 3 rings (SSSR count). The summed E-state index contributed by atoms with van der Waals surface area (Å²) in [6, 6.07) is 8.74. The van der Waals surface area contributed by atoms with Gasteiger partial charge in [-0.1, -0.05) is 30.0 Å². The lowest BCUT2D eigenvalue weighted by molar-refractivity contribution is -0.141. The van der Waals surface area contributed by atoms with E-state index in [0.717, 1.165) is 27.5 Å². The lowest BCUT2D eigenvalue weighted by atomic mass is 10.1. The molecule has 0 unspecified atom stereocenters. The van der Waals surface area contributed by atoms with Gasteiger partial charge in [-0.05, 0) is 37.1 Å². The van der Waals surface area contributed by atoms with Crippen molar-refractivity contribution >= 4 is 23.4 Å². The van der Waals surface area contributed by atoms with E-state index in [1.807, 2.05) is 32.0 Å². The van der Waals surface area contributed by atoms with Crippen LogP contribution in [0.3, 0.4) is 0 Å². The summed E-state index contributed by atoms with van der Waals surface area (Å²) in [4.78, 5) is 16.2. The zero-order chi connectivity index (χ0) is 21.0. The third kappa shape index (κ3) is 5.35. The van der Waals surface area contributed by atoms with Crippen molar-refractivity contribution in [2.24, 2.45) is 0 Å². The zero-order valence-electron chi connectivity index (χ0n) is 15.7. The highest BCUT2D eigenvalue weighted by atomic mass is 32.2. The molecule has 1 aromatic carbocycles. The molecular formula is C19H18F3N5OS. The van der Waals surface area contributed by atoms with E-state index in [-0.39, 0.29) is 22.6 Å². The molecule has 3 aromatic rings. The second-order valence-corrected chi connectivity index (χ2v) is 7.29.